The molecule has 1 aliphatic heterocycles. The van der Waals surface area contributed by atoms with E-state index in [4.69, 9.17) is 0 Å². The summed E-state index contributed by atoms with van der Waals surface area (Å²) in [5.41, 5.74) is -0.329. The third kappa shape index (κ3) is 4.49. The summed E-state index contributed by atoms with van der Waals surface area (Å²) in [5, 5.41) is 12.0. The van der Waals surface area contributed by atoms with Crippen molar-refractivity contribution in [1.29, 1.82) is 0 Å². The molecule has 0 aromatic rings. The molecule has 1 aliphatic rings. The molecule has 19 heavy (non-hydrogen) atoms. The largest absolute Gasteiger partial charge is 0.396 e. The van der Waals surface area contributed by atoms with Crippen LogP contribution in [0.3, 0.4) is 0 Å². The predicted octanol–water partition coefficient (Wildman–Crippen LogP) is 0.912. The normalized spacial score (nSPS) is 20.2. The molecular weight excluding hydrogens is 244 g/mol. The Morgan fingerprint density at radius 2 is 2.05 bits per heavy atom. The lowest BCUT2D eigenvalue weighted by Crippen LogP contribution is -2.53. The highest BCUT2D eigenvalue weighted by molar-refractivity contribution is 5.87. The zero-order valence-corrected chi connectivity index (χ0v) is 12.2. The summed E-state index contributed by atoms with van der Waals surface area (Å²) >= 11 is 0. The summed E-state index contributed by atoms with van der Waals surface area (Å²) in [7, 11) is 0. The molecule has 1 heterocycles. The van der Waals surface area contributed by atoms with Gasteiger partial charge in [-0.2, -0.15) is 0 Å². The predicted molar refractivity (Wildman–Crippen MR) is 73.5 cm³/mol. The van der Waals surface area contributed by atoms with Gasteiger partial charge in [-0.1, -0.05) is 20.8 Å². The van der Waals surface area contributed by atoms with Crippen LogP contribution in [-0.4, -0.2) is 47.6 Å². The van der Waals surface area contributed by atoms with E-state index < -0.39 is 0 Å². The molecule has 5 heteroatoms. The van der Waals surface area contributed by atoms with Crippen molar-refractivity contribution in [2.24, 2.45) is 5.41 Å². The summed E-state index contributed by atoms with van der Waals surface area (Å²) in [6, 6.07) is -0.337. The molecule has 1 fully saturated rings. The zero-order chi connectivity index (χ0) is 14.5. The minimum Gasteiger partial charge on any atom is -0.396 e. The molecule has 2 amide bonds. The summed E-state index contributed by atoms with van der Waals surface area (Å²) in [6.45, 7) is 6.73. The summed E-state index contributed by atoms with van der Waals surface area (Å²) < 4.78 is 0. The van der Waals surface area contributed by atoms with Crippen LogP contribution < -0.4 is 5.32 Å². The number of aliphatic hydroxyl groups excluding tert-OH is 1. The van der Waals surface area contributed by atoms with Gasteiger partial charge in [0.25, 0.3) is 0 Å². The Labute approximate surface area is 115 Å². The van der Waals surface area contributed by atoms with Gasteiger partial charge in [0.05, 0.1) is 0 Å². The third-order valence-corrected chi connectivity index (χ3v) is 3.60. The monoisotopic (exact) mass is 270 g/mol. The lowest BCUT2D eigenvalue weighted by Gasteiger charge is -2.35. The number of nitrogens with one attached hydrogen (secondary N) is 1. The molecule has 0 spiro atoms. The lowest BCUT2D eigenvalue weighted by molar-refractivity contribution is -0.142. The van der Waals surface area contributed by atoms with Crippen LogP contribution in [0.25, 0.3) is 0 Å². The Kier molecular flexibility index (Phi) is 5.79. The molecule has 0 radical (unpaired) electrons. The van der Waals surface area contributed by atoms with Gasteiger partial charge in [0.15, 0.2) is 0 Å². The third-order valence-electron chi connectivity index (χ3n) is 3.60. The van der Waals surface area contributed by atoms with Gasteiger partial charge in [0, 0.05) is 31.5 Å². The van der Waals surface area contributed by atoms with E-state index in [0.717, 1.165) is 19.3 Å². The van der Waals surface area contributed by atoms with Crippen LogP contribution in [0.1, 0.15) is 46.5 Å². The molecular formula is C14H26N2O3. The molecule has 0 saturated carbocycles. The number of amides is 2. The Morgan fingerprint density at radius 3 is 2.63 bits per heavy atom. The topological polar surface area (TPSA) is 69.6 Å². The first-order chi connectivity index (χ1) is 8.91. The number of hydrogen-bond donors (Lipinski definition) is 2. The van der Waals surface area contributed by atoms with Crippen molar-refractivity contribution in [2.75, 3.05) is 19.7 Å². The van der Waals surface area contributed by atoms with E-state index in [1.165, 1.54) is 0 Å². The van der Waals surface area contributed by atoms with Gasteiger partial charge < -0.3 is 15.3 Å². The van der Waals surface area contributed by atoms with Crippen LogP contribution in [0.2, 0.25) is 0 Å². The molecule has 1 atom stereocenters. The maximum atomic E-state index is 12.2. The minimum absolute atomic E-state index is 0.0234. The molecule has 0 aliphatic carbocycles. The molecule has 5 nitrogen and oxygen atoms in total. The number of aliphatic hydroxyl groups is 1. The molecule has 2 N–H and O–H groups in total. The van der Waals surface area contributed by atoms with Gasteiger partial charge in [-0.3, -0.25) is 9.59 Å². The Morgan fingerprint density at radius 1 is 1.37 bits per heavy atom. The van der Waals surface area contributed by atoms with Gasteiger partial charge in [-0.25, -0.2) is 0 Å². The zero-order valence-electron chi connectivity index (χ0n) is 12.2. The molecule has 0 aromatic carbocycles. The van der Waals surface area contributed by atoms with Crippen LogP contribution in [-0.2, 0) is 9.59 Å². The first kappa shape index (κ1) is 16.0. The number of carbonyl (C=O) groups is 2. The lowest BCUT2D eigenvalue weighted by atomic mass is 9.94. The first-order valence-electron chi connectivity index (χ1n) is 7.09. The van der Waals surface area contributed by atoms with Crippen LogP contribution in [0.5, 0.6) is 0 Å². The fourth-order valence-corrected chi connectivity index (χ4v) is 2.21. The van der Waals surface area contributed by atoms with Crippen LogP contribution >= 0.6 is 0 Å². The van der Waals surface area contributed by atoms with E-state index in [0.29, 0.717) is 19.5 Å². The Bertz CT molecular complexity index is 329. The number of likely N-dealkylation sites (tertiary alicyclic amines) is 1. The number of nitrogens with zero attached hydrogens (tertiary/aromatic N) is 1. The summed E-state index contributed by atoms with van der Waals surface area (Å²) in [6.07, 6.45) is 3.12. The number of rotatable bonds is 5. The van der Waals surface area contributed by atoms with E-state index in [1.807, 2.05) is 20.8 Å². The molecule has 0 bridgehead atoms. The van der Waals surface area contributed by atoms with Crippen molar-refractivity contribution in [3.05, 3.63) is 0 Å². The van der Waals surface area contributed by atoms with Gasteiger partial charge in [0.2, 0.25) is 11.8 Å². The second-order valence-corrected chi connectivity index (χ2v) is 5.99. The fraction of sp³-hybridized carbons (Fsp3) is 0.857. The maximum absolute atomic E-state index is 12.2. The average Bonchev–Trinajstić information content (AvgIpc) is 2.44. The van der Waals surface area contributed by atoms with Crippen LogP contribution in [0, 0.1) is 5.41 Å². The van der Waals surface area contributed by atoms with Crippen molar-refractivity contribution in [1.82, 2.24) is 10.2 Å². The molecule has 1 rings (SSSR count). The summed E-state index contributed by atoms with van der Waals surface area (Å²) in [5.74, 6) is -0.0516. The van der Waals surface area contributed by atoms with E-state index in [-0.39, 0.29) is 29.9 Å². The van der Waals surface area contributed by atoms with Crippen molar-refractivity contribution < 1.29 is 14.7 Å². The van der Waals surface area contributed by atoms with E-state index in [1.54, 1.807) is 4.90 Å². The standard InChI is InChI=1S/C14H26N2O3/c1-4-12(18)16-8-6-5-7-11(16)13(19)15-9-14(2,3)10-17/h11,17H,4-10H2,1-3H3,(H,15,19). The van der Waals surface area contributed by atoms with Gasteiger partial charge in [-0.05, 0) is 19.3 Å². The van der Waals surface area contributed by atoms with Crippen molar-refractivity contribution in [3.8, 4) is 0 Å². The second kappa shape index (κ2) is 6.89. The van der Waals surface area contributed by atoms with Crippen LogP contribution in [0.15, 0.2) is 0 Å². The smallest absolute Gasteiger partial charge is 0.242 e. The molecule has 110 valence electrons. The van der Waals surface area contributed by atoms with Crippen molar-refractivity contribution in [3.63, 3.8) is 0 Å². The summed E-state index contributed by atoms with van der Waals surface area (Å²) in [4.78, 5) is 25.7. The highest BCUT2D eigenvalue weighted by Gasteiger charge is 2.31. The second-order valence-electron chi connectivity index (χ2n) is 5.99. The highest BCUT2D eigenvalue weighted by atomic mass is 16.3. The van der Waals surface area contributed by atoms with Crippen LogP contribution in [0.4, 0.5) is 0 Å². The number of hydrogen-bond acceptors (Lipinski definition) is 3. The molecule has 1 saturated heterocycles. The fourth-order valence-electron chi connectivity index (χ4n) is 2.21. The van der Waals surface area contributed by atoms with Gasteiger partial charge in [-0.15, -0.1) is 0 Å². The first-order valence-corrected chi connectivity index (χ1v) is 7.09. The minimum atomic E-state index is -0.337. The van der Waals surface area contributed by atoms with E-state index in [2.05, 4.69) is 5.32 Å². The number of piperidine rings is 1. The van der Waals surface area contributed by atoms with E-state index in [9.17, 15) is 14.7 Å². The number of carbonyl (C=O) groups excluding carboxylic acids is 2. The quantitative estimate of drug-likeness (QED) is 0.780. The average molecular weight is 270 g/mol. The van der Waals surface area contributed by atoms with Gasteiger partial charge >= 0.3 is 0 Å². The van der Waals surface area contributed by atoms with E-state index >= 15 is 0 Å². The molecule has 1 unspecified atom stereocenters. The molecule has 0 aromatic heterocycles. The SMILES string of the molecule is CCC(=O)N1CCCCC1C(=O)NCC(C)(C)CO. The Hall–Kier alpha value is -1.10. The van der Waals surface area contributed by atoms with Gasteiger partial charge in [0.1, 0.15) is 6.04 Å². The maximum Gasteiger partial charge on any atom is 0.242 e. The highest BCUT2D eigenvalue weighted by Crippen LogP contribution is 2.19. The van der Waals surface area contributed by atoms with Crippen molar-refractivity contribution in [2.45, 2.75) is 52.5 Å². The van der Waals surface area contributed by atoms with Crippen molar-refractivity contribution >= 4 is 11.8 Å². The Balaban J connectivity index is 2.60.